The summed E-state index contributed by atoms with van der Waals surface area (Å²) in [5.41, 5.74) is 7.48. The lowest BCUT2D eigenvalue weighted by Gasteiger charge is -2.37. The van der Waals surface area contributed by atoms with Crippen molar-refractivity contribution in [2.24, 2.45) is 10.9 Å². The first kappa shape index (κ1) is 23.2. The SMILES string of the molecule is Cc1ccc2c(c1)[C@@H]1C=CC[C@H]1[C@H](c1ccc(N=Cc3ccccc3OCc3ccccc3F)cc1)N2. The molecule has 4 aromatic rings. The molecule has 0 radical (unpaired) electrons. The van der Waals surface area contributed by atoms with Gasteiger partial charge in [-0.3, -0.25) is 4.99 Å². The molecule has 1 aliphatic carbocycles. The Morgan fingerprint density at radius 2 is 1.78 bits per heavy atom. The molecule has 4 heteroatoms. The Kier molecular flexibility index (Phi) is 6.32. The molecule has 0 fully saturated rings. The van der Waals surface area contributed by atoms with Crippen LogP contribution >= 0.6 is 0 Å². The third kappa shape index (κ3) is 4.79. The van der Waals surface area contributed by atoms with Gasteiger partial charge < -0.3 is 10.1 Å². The summed E-state index contributed by atoms with van der Waals surface area (Å²) >= 11 is 0. The van der Waals surface area contributed by atoms with Crippen LogP contribution in [0.5, 0.6) is 5.75 Å². The minimum absolute atomic E-state index is 0.167. The Bertz CT molecular complexity index is 1470. The number of halogens is 1. The molecule has 1 N–H and O–H groups in total. The predicted molar refractivity (Wildman–Crippen MR) is 148 cm³/mol. The van der Waals surface area contributed by atoms with Gasteiger partial charge in [0.15, 0.2) is 0 Å². The lowest BCUT2D eigenvalue weighted by molar-refractivity contribution is 0.299. The number of benzene rings is 4. The summed E-state index contributed by atoms with van der Waals surface area (Å²) in [6, 6.07) is 29.8. The third-order valence-corrected chi connectivity index (χ3v) is 7.38. The van der Waals surface area contributed by atoms with Gasteiger partial charge in [-0.1, -0.05) is 72.3 Å². The number of fused-ring (bicyclic) bond motifs is 3. The monoisotopic (exact) mass is 488 g/mol. The number of rotatable bonds is 6. The molecule has 1 heterocycles. The van der Waals surface area contributed by atoms with Crippen molar-refractivity contribution >= 4 is 17.6 Å². The average molecular weight is 489 g/mol. The maximum atomic E-state index is 14.0. The maximum absolute atomic E-state index is 14.0. The molecule has 2 aliphatic rings. The van der Waals surface area contributed by atoms with E-state index in [1.807, 2.05) is 30.3 Å². The molecule has 0 unspecified atom stereocenters. The minimum Gasteiger partial charge on any atom is -0.488 e. The summed E-state index contributed by atoms with van der Waals surface area (Å²) in [5, 5.41) is 3.81. The number of hydrogen-bond donors (Lipinski definition) is 1. The number of nitrogens with one attached hydrogen (secondary N) is 1. The molecule has 0 spiro atoms. The number of aryl methyl sites for hydroxylation is 1. The van der Waals surface area contributed by atoms with E-state index in [4.69, 9.17) is 9.73 Å². The second-order valence-corrected chi connectivity index (χ2v) is 9.83. The van der Waals surface area contributed by atoms with Crippen LogP contribution in [0, 0.1) is 18.7 Å². The summed E-state index contributed by atoms with van der Waals surface area (Å²) in [4.78, 5) is 4.70. The molecule has 0 saturated carbocycles. The molecule has 4 aromatic carbocycles. The molecule has 184 valence electrons. The number of para-hydroxylation sites is 1. The highest BCUT2D eigenvalue weighted by molar-refractivity contribution is 5.85. The summed E-state index contributed by atoms with van der Waals surface area (Å²) < 4.78 is 19.9. The fourth-order valence-electron chi connectivity index (χ4n) is 5.45. The standard InChI is InChI=1S/C33H29FN2O/c1-22-13-18-31-29(19-22)27-9-6-10-28(27)33(36-31)23-14-16-26(17-15-23)35-20-24-7-3-5-12-32(24)37-21-25-8-2-4-11-30(25)34/h2-9,11-20,27-28,33,36H,10,21H2,1H3/t27-,28-,33+/m1/s1. The first-order valence-electron chi connectivity index (χ1n) is 12.8. The van der Waals surface area contributed by atoms with E-state index in [1.165, 1.54) is 28.4 Å². The third-order valence-electron chi connectivity index (χ3n) is 7.38. The summed E-state index contributed by atoms with van der Waals surface area (Å²) in [7, 11) is 0. The predicted octanol–water partition coefficient (Wildman–Crippen LogP) is 8.29. The van der Waals surface area contributed by atoms with Gasteiger partial charge in [-0.05, 0) is 66.8 Å². The van der Waals surface area contributed by atoms with Crippen LogP contribution in [0.25, 0.3) is 0 Å². The molecule has 3 nitrogen and oxygen atoms in total. The molecule has 0 saturated heterocycles. The van der Waals surface area contributed by atoms with Crippen LogP contribution in [0.3, 0.4) is 0 Å². The van der Waals surface area contributed by atoms with Gasteiger partial charge in [0, 0.05) is 28.9 Å². The fourth-order valence-corrected chi connectivity index (χ4v) is 5.45. The normalized spacial score (nSPS) is 19.9. The molecule has 37 heavy (non-hydrogen) atoms. The Hall–Kier alpha value is -4.18. The van der Waals surface area contributed by atoms with Gasteiger partial charge in [0.25, 0.3) is 0 Å². The summed E-state index contributed by atoms with van der Waals surface area (Å²) in [6.45, 7) is 2.33. The Morgan fingerprint density at radius 1 is 0.973 bits per heavy atom. The number of ether oxygens (including phenoxy) is 1. The Labute approximate surface area is 217 Å². The van der Waals surface area contributed by atoms with Crippen LogP contribution in [0.4, 0.5) is 15.8 Å². The van der Waals surface area contributed by atoms with E-state index in [9.17, 15) is 4.39 Å². The topological polar surface area (TPSA) is 33.6 Å². The van der Waals surface area contributed by atoms with Crippen LogP contribution in [-0.4, -0.2) is 6.21 Å². The van der Waals surface area contributed by atoms with Crippen molar-refractivity contribution in [2.75, 3.05) is 5.32 Å². The zero-order valence-electron chi connectivity index (χ0n) is 20.8. The zero-order valence-corrected chi connectivity index (χ0v) is 20.8. The van der Waals surface area contributed by atoms with Crippen molar-refractivity contribution in [1.82, 2.24) is 0 Å². The quantitative estimate of drug-likeness (QED) is 0.219. The summed E-state index contributed by atoms with van der Waals surface area (Å²) in [6.07, 6.45) is 7.59. The van der Waals surface area contributed by atoms with Crippen LogP contribution in [0.1, 0.15) is 46.2 Å². The highest BCUT2D eigenvalue weighted by atomic mass is 19.1. The Morgan fingerprint density at radius 3 is 2.65 bits per heavy atom. The molecular weight excluding hydrogens is 459 g/mol. The van der Waals surface area contributed by atoms with E-state index in [2.05, 4.69) is 66.9 Å². The van der Waals surface area contributed by atoms with E-state index in [-0.39, 0.29) is 18.5 Å². The lowest BCUT2D eigenvalue weighted by Crippen LogP contribution is -2.29. The van der Waals surface area contributed by atoms with Crippen LogP contribution in [-0.2, 0) is 6.61 Å². The largest absolute Gasteiger partial charge is 0.488 e. The maximum Gasteiger partial charge on any atom is 0.129 e. The summed E-state index contributed by atoms with van der Waals surface area (Å²) in [5.74, 6) is 1.38. The van der Waals surface area contributed by atoms with Gasteiger partial charge in [0.2, 0.25) is 0 Å². The minimum atomic E-state index is -0.264. The van der Waals surface area contributed by atoms with Gasteiger partial charge in [0.05, 0.1) is 11.7 Å². The van der Waals surface area contributed by atoms with Crippen LogP contribution < -0.4 is 10.1 Å². The molecule has 0 amide bonds. The van der Waals surface area contributed by atoms with E-state index in [0.717, 1.165) is 17.7 Å². The first-order chi connectivity index (χ1) is 18.2. The van der Waals surface area contributed by atoms with E-state index in [0.29, 0.717) is 23.1 Å². The van der Waals surface area contributed by atoms with Gasteiger partial charge in [0.1, 0.15) is 18.2 Å². The van der Waals surface area contributed by atoms with Crippen molar-refractivity contribution in [3.05, 3.63) is 137 Å². The lowest BCUT2D eigenvalue weighted by atomic mass is 9.76. The second kappa shape index (κ2) is 10.1. The average Bonchev–Trinajstić information content (AvgIpc) is 3.43. The molecule has 0 aromatic heterocycles. The van der Waals surface area contributed by atoms with Crippen LogP contribution in [0.2, 0.25) is 0 Å². The van der Waals surface area contributed by atoms with Crippen molar-refractivity contribution in [1.29, 1.82) is 0 Å². The van der Waals surface area contributed by atoms with E-state index < -0.39 is 0 Å². The molecule has 3 atom stereocenters. The molecule has 0 bridgehead atoms. The number of hydrogen-bond acceptors (Lipinski definition) is 3. The number of anilines is 1. The zero-order chi connectivity index (χ0) is 25.2. The molecule has 1 aliphatic heterocycles. The molecule has 6 rings (SSSR count). The Balaban J connectivity index is 1.18. The van der Waals surface area contributed by atoms with Gasteiger partial charge in [-0.2, -0.15) is 0 Å². The van der Waals surface area contributed by atoms with Crippen molar-refractivity contribution in [3.63, 3.8) is 0 Å². The number of nitrogens with zero attached hydrogens (tertiary/aromatic N) is 1. The number of aliphatic imine (C=N–C) groups is 1. The van der Waals surface area contributed by atoms with Gasteiger partial charge in [-0.25, -0.2) is 4.39 Å². The van der Waals surface area contributed by atoms with Gasteiger partial charge in [-0.15, -0.1) is 0 Å². The number of allylic oxidation sites excluding steroid dienone is 2. The van der Waals surface area contributed by atoms with Crippen molar-refractivity contribution < 1.29 is 9.13 Å². The molecular formula is C33H29FN2O. The fraction of sp³-hybridized carbons (Fsp3) is 0.182. The van der Waals surface area contributed by atoms with Crippen molar-refractivity contribution in [3.8, 4) is 5.75 Å². The smallest absolute Gasteiger partial charge is 0.129 e. The highest BCUT2D eigenvalue weighted by Gasteiger charge is 2.37. The van der Waals surface area contributed by atoms with Gasteiger partial charge >= 0.3 is 0 Å². The second-order valence-electron chi connectivity index (χ2n) is 9.83. The van der Waals surface area contributed by atoms with Crippen molar-refractivity contribution in [2.45, 2.75) is 31.9 Å². The van der Waals surface area contributed by atoms with Crippen LogP contribution in [0.15, 0.2) is 108 Å². The highest BCUT2D eigenvalue weighted by Crippen LogP contribution is 2.50. The first-order valence-corrected chi connectivity index (χ1v) is 12.8. The van der Waals surface area contributed by atoms with E-state index >= 15 is 0 Å². The van der Waals surface area contributed by atoms with E-state index in [1.54, 1.807) is 18.3 Å².